The molecule has 0 N–H and O–H groups in total. The van der Waals surface area contributed by atoms with E-state index in [-0.39, 0.29) is 0 Å². The molecular formula is C11H11N3. The topological polar surface area (TPSA) is 39.4 Å². The molecule has 0 spiro atoms. The van der Waals surface area contributed by atoms with E-state index in [1.165, 1.54) is 0 Å². The van der Waals surface area contributed by atoms with Crippen LogP contribution < -0.4 is 0 Å². The van der Waals surface area contributed by atoms with Gasteiger partial charge in [0.05, 0.1) is 18.2 Å². The van der Waals surface area contributed by atoms with E-state index < -0.39 is 0 Å². The summed E-state index contributed by atoms with van der Waals surface area (Å²) < 4.78 is 0. The Labute approximate surface area is 83.3 Å². The quantitative estimate of drug-likeness (QED) is 0.660. The lowest BCUT2D eigenvalue weighted by atomic mass is 10.1. The average molecular weight is 185 g/mol. The van der Waals surface area contributed by atoms with Gasteiger partial charge in [-0.2, -0.15) is 5.26 Å². The standard InChI is InChI=1S/C11H11N3/c1-14-7-6-13-11(14)10-5-3-2-4-9(10)8-12/h2-5H,6-7H2,1H3. The van der Waals surface area contributed by atoms with Gasteiger partial charge in [0.1, 0.15) is 5.84 Å². The van der Waals surface area contributed by atoms with E-state index in [2.05, 4.69) is 16.0 Å². The van der Waals surface area contributed by atoms with Crippen molar-refractivity contribution in [1.29, 1.82) is 5.26 Å². The Morgan fingerprint density at radius 3 is 2.86 bits per heavy atom. The van der Waals surface area contributed by atoms with Crippen molar-refractivity contribution >= 4 is 5.84 Å². The normalized spacial score (nSPS) is 15.1. The van der Waals surface area contributed by atoms with Crippen molar-refractivity contribution in [1.82, 2.24) is 4.90 Å². The van der Waals surface area contributed by atoms with Gasteiger partial charge in [-0.05, 0) is 12.1 Å². The Kier molecular flexibility index (Phi) is 2.19. The highest BCUT2D eigenvalue weighted by atomic mass is 15.2. The third kappa shape index (κ3) is 1.35. The number of nitrogens with zero attached hydrogens (tertiary/aromatic N) is 3. The highest BCUT2D eigenvalue weighted by molar-refractivity contribution is 6.01. The Balaban J connectivity index is 2.47. The molecule has 1 aromatic rings. The zero-order valence-corrected chi connectivity index (χ0v) is 8.07. The van der Waals surface area contributed by atoms with E-state index in [1.54, 1.807) is 0 Å². The van der Waals surface area contributed by atoms with Gasteiger partial charge in [-0.15, -0.1) is 0 Å². The largest absolute Gasteiger partial charge is 0.358 e. The summed E-state index contributed by atoms with van der Waals surface area (Å²) in [5, 5.41) is 8.94. The monoisotopic (exact) mass is 185 g/mol. The van der Waals surface area contributed by atoms with Gasteiger partial charge in [-0.3, -0.25) is 4.99 Å². The van der Waals surface area contributed by atoms with Crippen molar-refractivity contribution < 1.29 is 0 Å². The minimum absolute atomic E-state index is 0.694. The molecule has 0 radical (unpaired) electrons. The van der Waals surface area contributed by atoms with Crippen molar-refractivity contribution in [3.8, 4) is 6.07 Å². The van der Waals surface area contributed by atoms with Gasteiger partial charge >= 0.3 is 0 Å². The molecule has 1 aliphatic heterocycles. The fourth-order valence-corrected chi connectivity index (χ4v) is 1.60. The molecule has 14 heavy (non-hydrogen) atoms. The van der Waals surface area contributed by atoms with Crippen LogP contribution in [0.5, 0.6) is 0 Å². The maximum atomic E-state index is 8.94. The zero-order valence-electron chi connectivity index (χ0n) is 8.07. The second-order valence-electron chi connectivity index (χ2n) is 3.28. The highest BCUT2D eigenvalue weighted by Gasteiger charge is 2.16. The molecule has 1 aliphatic rings. The van der Waals surface area contributed by atoms with Crippen LogP contribution in [0.4, 0.5) is 0 Å². The van der Waals surface area contributed by atoms with Gasteiger partial charge in [0, 0.05) is 19.2 Å². The first-order valence-corrected chi connectivity index (χ1v) is 4.58. The summed E-state index contributed by atoms with van der Waals surface area (Å²) >= 11 is 0. The molecule has 0 atom stereocenters. The Hall–Kier alpha value is -1.82. The number of rotatable bonds is 1. The van der Waals surface area contributed by atoms with Gasteiger partial charge in [0.2, 0.25) is 0 Å². The van der Waals surface area contributed by atoms with Crippen molar-refractivity contribution in [2.45, 2.75) is 0 Å². The number of hydrogen-bond acceptors (Lipinski definition) is 3. The Bertz CT molecular complexity index is 415. The van der Waals surface area contributed by atoms with Gasteiger partial charge in [0.15, 0.2) is 0 Å². The van der Waals surface area contributed by atoms with Crippen molar-refractivity contribution in [3.63, 3.8) is 0 Å². The molecule has 0 fully saturated rings. The van der Waals surface area contributed by atoms with Gasteiger partial charge in [0.25, 0.3) is 0 Å². The third-order valence-corrected chi connectivity index (χ3v) is 2.35. The lowest BCUT2D eigenvalue weighted by Gasteiger charge is -2.14. The summed E-state index contributed by atoms with van der Waals surface area (Å²) in [6.45, 7) is 1.76. The van der Waals surface area contributed by atoms with Crippen LogP contribution in [-0.2, 0) is 0 Å². The van der Waals surface area contributed by atoms with Crippen LogP contribution in [0.1, 0.15) is 11.1 Å². The van der Waals surface area contributed by atoms with Gasteiger partial charge in [-0.25, -0.2) is 0 Å². The number of nitriles is 1. The SMILES string of the molecule is CN1CCN=C1c1ccccc1C#N. The van der Waals surface area contributed by atoms with Crippen LogP contribution in [0.2, 0.25) is 0 Å². The molecule has 0 bridgehead atoms. The number of hydrogen-bond donors (Lipinski definition) is 0. The van der Waals surface area contributed by atoms with Crippen molar-refractivity contribution in [2.75, 3.05) is 20.1 Å². The van der Waals surface area contributed by atoms with Crippen molar-refractivity contribution in [2.24, 2.45) is 4.99 Å². The molecule has 70 valence electrons. The first-order chi connectivity index (χ1) is 6.83. The first-order valence-electron chi connectivity index (χ1n) is 4.58. The Morgan fingerprint density at radius 1 is 1.43 bits per heavy atom. The summed E-state index contributed by atoms with van der Waals surface area (Å²) in [5.41, 5.74) is 1.63. The van der Waals surface area contributed by atoms with Gasteiger partial charge in [-0.1, -0.05) is 12.1 Å². The van der Waals surface area contributed by atoms with Gasteiger partial charge < -0.3 is 4.90 Å². The van der Waals surface area contributed by atoms with Crippen LogP contribution in [0.3, 0.4) is 0 Å². The van der Waals surface area contributed by atoms with Crippen LogP contribution >= 0.6 is 0 Å². The predicted octanol–water partition coefficient (Wildman–Crippen LogP) is 1.25. The first kappa shape index (κ1) is 8.76. The molecule has 3 heteroatoms. The van der Waals surface area contributed by atoms with E-state index in [4.69, 9.17) is 5.26 Å². The van der Waals surface area contributed by atoms with E-state index in [0.29, 0.717) is 5.56 Å². The summed E-state index contributed by atoms with van der Waals surface area (Å²) in [4.78, 5) is 6.47. The molecule has 0 aromatic heterocycles. The Morgan fingerprint density at radius 2 is 2.21 bits per heavy atom. The van der Waals surface area contributed by atoms with Crippen LogP contribution in [0.25, 0.3) is 0 Å². The number of aliphatic imine (C=N–C) groups is 1. The van der Waals surface area contributed by atoms with Crippen molar-refractivity contribution in [3.05, 3.63) is 35.4 Å². The molecule has 0 amide bonds. The molecular weight excluding hydrogens is 174 g/mol. The van der Waals surface area contributed by atoms with Crippen LogP contribution in [0.15, 0.2) is 29.3 Å². The molecule has 2 rings (SSSR count). The summed E-state index contributed by atoms with van der Waals surface area (Å²) in [6.07, 6.45) is 0. The molecule has 1 heterocycles. The van der Waals surface area contributed by atoms with Crippen LogP contribution in [0, 0.1) is 11.3 Å². The highest BCUT2D eigenvalue weighted by Crippen LogP contribution is 2.13. The van der Waals surface area contributed by atoms with E-state index in [0.717, 1.165) is 24.5 Å². The molecule has 0 saturated carbocycles. The van der Waals surface area contributed by atoms with E-state index >= 15 is 0 Å². The van der Waals surface area contributed by atoms with Crippen LogP contribution in [-0.4, -0.2) is 30.9 Å². The predicted molar refractivity (Wildman–Crippen MR) is 55.2 cm³/mol. The third-order valence-electron chi connectivity index (χ3n) is 2.35. The van der Waals surface area contributed by atoms with E-state index in [1.807, 2.05) is 31.3 Å². The second kappa shape index (κ2) is 3.51. The minimum Gasteiger partial charge on any atom is -0.358 e. The second-order valence-corrected chi connectivity index (χ2v) is 3.28. The molecule has 0 unspecified atom stereocenters. The molecule has 1 aromatic carbocycles. The smallest absolute Gasteiger partial charge is 0.132 e. The maximum absolute atomic E-state index is 8.94. The zero-order chi connectivity index (χ0) is 9.97. The summed E-state index contributed by atoms with van der Waals surface area (Å²) in [7, 11) is 2.00. The fraction of sp³-hybridized carbons (Fsp3) is 0.273. The lowest BCUT2D eigenvalue weighted by Crippen LogP contribution is -2.24. The van der Waals surface area contributed by atoms with E-state index in [9.17, 15) is 0 Å². The molecule has 3 nitrogen and oxygen atoms in total. The number of likely N-dealkylation sites (N-methyl/N-ethyl adjacent to an activating group) is 1. The number of benzene rings is 1. The molecule has 0 aliphatic carbocycles. The lowest BCUT2D eigenvalue weighted by molar-refractivity contribution is 0.556. The average Bonchev–Trinajstić information content (AvgIpc) is 2.64. The minimum atomic E-state index is 0.694. The summed E-state index contributed by atoms with van der Waals surface area (Å²) in [6, 6.07) is 9.76. The maximum Gasteiger partial charge on any atom is 0.132 e. The fourth-order valence-electron chi connectivity index (χ4n) is 1.60. The number of amidine groups is 1. The molecule has 0 saturated heterocycles. The summed E-state index contributed by atoms with van der Waals surface area (Å²) in [5.74, 6) is 0.933.